The summed E-state index contributed by atoms with van der Waals surface area (Å²) in [6.45, 7) is 9.12. The number of benzene rings is 2. The third kappa shape index (κ3) is 5.17. The first kappa shape index (κ1) is 24.3. The van der Waals surface area contributed by atoms with Gasteiger partial charge in [-0.25, -0.2) is 4.79 Å². The summed E-state index contributed by atoms with van der Waals surface area (Å²) in [5.41, 5.74) is 4.29. The summed E-state index contributed by atoms with van der Waals surface area (Å²) in [5.74, 6) is -1.32. The summed E-state index contributed by atoms with van der Waals surface area (Å²) in [7, 11) is 1.34. The zero-order valence-electron chi connectivity index (χ0n) is 19.1. The fourth-order valence-electron chi connectivity index (χ4n) is 4.09. The molecule has 0 atom stereocenters. The molecule has 0 N–H and O–H groups in total. The average Bonchev–Trinajstić information content (AvgIpc) is 2.74. The maximum atomic E-state index is 12.1. The third-order valence-electron chi connectivity index (χ3n) is 6.27. The van der Waals surface area contributed by atoms with Crippen molar-refractivity contribution in [1.82, 2.24) is 0 Å². The van der Waals surface area contributed by atoms with E-state index in [0.29, 0.717) is 11.3 Å². The van der Waals surface area contributed by atoms with Crippen LogP contribution in [0.1, 0.15) is 67.6 Å². The van der Waals surface area contributed by atoms with Gasteiger partial charge in [-0.1, -0.05) is 52.0 Å². The van der Waals surface area contributed by atoms with Crippen LogP contribution in [0.3, 0.4) is 0 Å². The third-order valence-corrected chi connectivity index (χ3v) is 7.16. The summed E-state index contributed by atoms with van der Waals surface area (Å²) in [5, 5.41) is 11.2. The highest BCUT2D eigenvalue weighted by molar-refractivity contribution is 14.1. The zero-order valence-corrected chi connectivity index (χ0v) is 21.2. The Bertz CT molecular complexity index is 1080. The lowest BCUT2D eigenvalue weighted by Gasteiger charge is -2.42. The Morgan fingerprint density at radius 2 is 1.62 bits per heavy atom. The Balaban J connectivity index is 2.00. The number of hydrogen-bond donors (Lipinski definition) is 0. The summed E-state index contributed by atoms with van der Waals surface area (Å²) in [6.07, 6.45) is 3.63. The van der Waals surface area contributed by atoms with Gasteiger partial charge in [0.25, 0.3) is 0 Å². The molecule has 2 aromatic carbocycles. The van der Waals surface area contributed by atoms with E-state index in [1.165, 1.54) is 36.4 Å². The molecule has 0 spiro atoms. The van der Waals surface area contributed by atoms with Crippen molar-refractivity contribution in [2.75, 3.05) is 13.7 Å². The van der Waals surface area contributed by atoms with E-state index in [1.807, 2.05) is 6.07 Å². The molecule has 0 saturated heterocycles. The van der Waals surface area contributed by atoms with Crippen LogP contribution in [0.2, 0.25) is 0 Å². The van der Waals surface area contributed by atoms with Gasteiger partial charge in [-0.15, -0.1) is 0 Å². The normalized spacial score (nSPS) is 16.8. The van der Waals surface area contributed by atoms with Crippen LogP contribution < -0.4 is 9.84 Å². The highest BCUT2D eigenvalue weighted by atomic mass is 127. The number of carboxylic acids is 1. The van der Waals surface area contributed by atoms with Crippen LogP contribution in [-0.4, -0.2) is 25.7 Å². The molecule has 0 fully saturated rings. The van der Waals surface area contributed by atoms with Gasteiger partial charge in [-0.3, -0.25) is 0 Å². The van der Waals surface area contributed by atoms with Crippen LogP contribution in [0.5, 0.6) is 5.75 Å². The molecule has 0 radical (unpaired) electrons. The molecule has 0 aliphatic heterocycles. The van der Waals surface area contributed by atoms with Crippen molar-refractivity contribution in [3.63, 3.8) is 0 Å². The number of carbonyl (C=O) groups is 2. The second-order valence-corrected chi connectivity index (χ2v) is 10.6. The van der Waals surface area contributed by atoms with Crippen LogP contribution in [0.15, 0.2) is 42.5 Å². The first-order valence-electron chi connectivity index (χ1n) is 10.5. The second kappa shape index (κ2) is 9.25. The van der Waals surface area contributed by atoms with Crippen molar-refractivity contribution in [3.8, 4) is 5.75 Å². The van der Waals surface area contributed by atoms with Gasteiger partial charge in [0, 0.05) is 17.2 Å². The van der Waals surface area contributed by atoms with Crippen molar-refractivity contribution < 1.29 is 24.2 Å². The summed E-state index contributed by atoms with van der Waals surface area (Å²) >= 11 is 2.08. The molecular weight excluding hydrogens is 519 g/mol. The number of halogens is 1. The molecule has 0 heterocycles. The lowest BCUT2D eigenvalue weighted by Crippen LogP contribution is -2.33. The maximum Gasteiger partial charge on any atom is 0.330 e. The van der Waals surface area contributed by atoms with Gasteiger partial charge in [0.05, 0.1) is 16.6 Å². The Morgan fingerprint density at radius 3 is 2.25 bits per heavy atom. The summed E-state index contributed by atoms with van der Waals surface area (Å²) < 4.78 is 11.6. The SMILES string of the molecule is COC(=O)/C=C(\COc1cc(C(=O)[O-])ccc1I)c1ccc2c(c1)C(C)(C)CCC2(C)C. The molecular formula is C26H28IO5-. The number of esters is 1. The lowest BCUT2D eigenvalue weighted by atomic mass is 9.63. The van der Waals surface area contributed by atoms with Crippen molar-refractivity contribution in [3.05, 3.63) is 68.3 Å². The van der Waals surface area contributed by atoms with Gasteiger partial charge in [-0.2, -0.15) is 0 Å². The molecule has 0 unspecified atom stereocenters. The number of aromatic carboxylic acids is 1. The number of methoxy groups -OCH3 is 1. The monoisotopic (exact) mass is 547 g/mol. The van der Waals surface area contributed by atoms with Crippen molar-refractivity contribution in [2.24, 2.45) is 0 Å². The predicted molar refractivity (Wildman–Crippen MR) is 131 cm³/mol. The quantitative estimate of drug-likeness (QED) is 0.299. The van der Waals surface area contributed by atoms with Crippen molar-refractivity contribution in [2.45, 2.75) is 51.4 Å². The highest BCUT2D eigenvalue weighted by Gasteiger charge is 2.37. The minimum absolute atomic E-state index is 0.0241. The first-order chi connectivity index (χ1) is 14.9. The molecule has 1 aliphatic carbocycles. The van der Waals surface area contributed by atoms with Gasteiger partial charge in [0.2, 0.25) is 0 Å². The molecule has 1 aliphatic rings. The number of carboxylic acid groups (broad SMARTS) is 1. The van der Waals surface area contributed by atoms with Gasteiger partial charge in [0.15, 0.2) is 0 Å². The smallest absolute Gasteiger partial charge is 0.330 e. The van der Waals surface area contributed by atoms with Crippen molar-refractivity contribution >= 4 is 40.1 Å². The van der Waals surface area contributed by atoms with Crippen molar-refractivity contribution in [1.29, 1.82) is 0 Å². The molecule has 3 rings (SSSR count). The van der Waals surface area contributed by atoms with E-state index in [0.717, 1.165) is 22.0 Å². The Labute approximate surface area is 203 Å². The molecule has 5 nitrogen and oxygen atoms in total. The van der Waals surface area contributed by atoms with Gasteiger partial charge >= 0.3 is 5.97 Å². The molecule has 0 bridgehead atoms. The number of fused-ring (bicyclic) bond motifs is 1. The standard InChI is InChI=1S/C26H29IO5/c1-25(2)10-11-26(3,4)20-12-16(6-8-19(20)25)18(14-23(28)31-5)15-32-22-13-17(24(29)30)7-9-21(22)27/h6-9,12-14H,10-11,15H2,1-5H3,(H,29,30)/p-1/b18-14+. The first-order valence-corrected chi connectivity index (χ1v) is 11.6. The number of hydrogen-bond acceptors (Lipinski definition) is 5. The predicted octanol–water partition coefficient (Wildman–Crippen LogP) is 4.64. The van der Waals surface area contributed by atoms with Crippen LogP contribution in [0.25, 0.3) is 5.57 Å². The lowest BCUT2D eigenvalue weighted by molar-refractivity contribution is -0.255. The minimum atomic E-state index is -1.27. The van der Waals surface area contributed by atoms with Crippen LogP contribution in [0.4, 0.5) is 0 Å². The van der Waals surface area contributed by atoms with E-state index < -0.39 is 11.9 Å². The van der Waals surface area contributed by atoms with Gasteiger partial charge in [-0.05, 0) is 75.1 Å². The van der Waals surface area contributed by atoms with E-state index >= 15 is 0 Å². The molecule has 6 heteroatoms. The van der Waals surface area contributed by atoms with Gasteiger partial charge < -0.3 is 19.4 Å². The number of carbonyl (C=O) groups excluding carboxylic acids is 2. The second-order valence-electron chi connectivity index (χ2n) is 9.44. The van der Waals surface area contributed by atoms with Crippen LogP contribution in [0, 0.1) is 3.57 Å². The van der Waals surface area contributed by atoms with E-state index in [4.69, 9.17) is 9.47 Å². The fourth-order valence-corrected chi connectivity index (χ4v) is 4.59. The average molecular weight is 547 g/mol. The van der Waals surface area contributed by atoms with Crippen LogP contribution >= 0.6 is 22.6 Å². The highest BCUT2D eigenvalue weighted by Crippen LogP contribution is 2.46. The largest absolute Gasteiger partial charge is 0.545 e. The molecule has 0 aromatic heterocycles. The van der Waals surface area contributed by atoms with E-state index in [9.17, 15) is 14.7 Å². The Morgan fingerprint density at radius 1 is 1.00 bits per heavy atom. The minimum Gasteiger partial charge on any atom is -0.545 e. The Kier molecular flexibility index (Phi) is 7.03. The zero-order chi connectivity index (χ0) is 23.7. The summed E-state index contributed by atoms with van der Waals surface area (Å²) in [6, 6.07) is 10.9. The van der Waals surface area contributed by atoms with Crippen LogP contribution in [-0.2, 0) is 20.4 Å². The van der Waals surface area contributed by atoms with E-state index in [1.54, 1.807) is 6.07 Å². The molecule has 170 valence electrons. The van der Waals surface area contributed by atoms with Gasteiger partial charge in [0.1, 0.15) is 12.4 Å². The molecule has 2 aromatic rings. The summed E-state index contributed by atoms with van der Waals surface area (Å²) in [4.78, 5) is 23.3. The molecule has 32 heavy (non-hydrogen) atoms. The topological polar surface area (TPSA) is 75.7 Å². The number of rotatable bonds is 6. The maximum absolute atomic E-state index is 12.1. The molecule has 0 saturated carbocycles. The fraction of sp³-hybridized carbons (Fsp3) is 0.385. The molecule has 0 amide bonds. The van der Waals surface area contributed by atoms with E-state index in [2.05, 4.69) is 62.4 Å². The Hall–Kier alpha value is -2.35. The number of ether oxygens (including phenoxy) is 2. The van der Waals surface area contributed by atoms with E-state index in [-0.39, 0.29) is 23.0 Å².